The molecule has 0 aliphatic carbocycles. The molecule has 1 aromatic rings. The Morgan fingerprint density at radius 3 is 2.76 bits per heavy atom. The fraction of sp³-hybridized carbons (Fsp3) is 0.500. The van der Waals surface area contributed by atoms with E-state index in [4.69, 9.17) is 0 Å². The minimum atomic E-state index is -0.267. The van der Waals surface area contributed by atoms with Crippen LogP contribution in [0, 0.1) is 19.3 Å². The minimum absolute atomic E-state index is 0.120. The van der Waals surface area contributed by atoms with Crippen molar-refractivity contribution in [3.63, 3.8) is 0 Å². The van der Waals surface area contributed by atoms with Crippen molar-refractivity contribution in [2.24, 2.45) is 5.41 Å². The molecule has 1 saturated heterocycles. The smallest absolute Gasteiger partial charge is 0.231 e. The number of anilines is 1. The summed E-state index contributed by atoms with van der Waals surface area (Å²) in [6.07, 6.45) is 0.906. The lowest BCUT2D eigenvalue weighted by atomic mass is 9.88. The predicted molar refractivity (Wildman–Crippen MR) is 70.1 cm³/mol. The number of aryl methyl sites for hydroxylation is 2. The first-order valence-electron chi connectivity index (χ1n) is 6.11. The molecule has 0 aromatic heterocycles. The molecule has 0 bridgehead atoms. The molecule has 0 radical (unpaired) electrons. The van der Waals surface area contributed by atoms with Crippen LogP contribution in [0.5, 0.6) is 0 Å². The van der Waals surface area contributed by atoms with Crippen molar-refractivity contribution in [2.45, 2.75) is 27.2 Å². The van der Waals surface area contributed by atoms with Gasteiger partial charge in [0.05, 0.1) is 5.41 Å². The van der Waals surface area contributed by atoms with Gasteiger partial charge in [0.1, 0.15) is 0 Å². The summed E-state index contributed by atoms with van der Waals surface area (Å²) in [5, 5.41) is 6.28. The number of nitrogens with one attached hydrogen (secondary N) is 2. The quantitative estimate of drug-likeness (QED) is 0.821. The Hall–Kier alpha value is -1.35. The number of hydrogen-bond donors (Lipinski definition) is 2. The van der Waals surface area contributed by atoms with Gasteiger partial charge in [-0.3, -0.25) is 4.79 Å². The Kier molecular flexibility index (Phi) is 3.20. The lowest BCUT2D eigenvalue weighted by Crippen LogP contribution is -2.35. The molecule has 1 amide bonds. The molecule has 92 valence electrons. The van der Waals surface area contributed by atoms with Crippen LogP contribution in [0.4, 0.5) is 5.69 Å². The highest BCUT2D eigenvalue weighted by Gasteiger charge is 2.36. The molecule has 2 N–H and O–H groups in total. The number of hydrogen-bond acceptors (Lipinski definition) is 2. The van der Waals surface area contributed by atoms with Crippen molar-refractivity contribution in [3.8, 4) is 0 Å². The van der Waals surface area contributed by atoms with E-state index in [0.717, 1.165) is 30.8 Å². The number of carbonyl (C=O) groups is 1. The van der Waals surface area contributed by atoms with Crippen LogP contribution < -0.4 is 10.6 Å². The summed E-state index contributed by atoms with van der Waals surface area (Å²) in [6.45, 7) is 7.80. The summed E-state index contributed by atoms with van der Waals surface area (Å²) in [5.74, 6) is 0.120. The van der Waals surface area contributed by atoms with E-state index >= 15 is 0 Å². The average Bonchev–Trinajstić information content (AvgIpc) is 2.71. The van der Waals surface area contributed by atoms with Crippen LogP contribution in [-0.2, 0) is 4.79 Å². The summed E-state index contributed by atoms with van der Waals surface area (Å²) in [7, 11) is 0. The van der Waals surface area contributed by atoms with Gasteiger partial charge in [0, 0.05) is 12.2 Å². The van der Waals surface area contributed by atoms with Gasteiger partial charge in [-0.25, -0.2) is 0 Å². The van der Waals surface area contributed by atoms with Crippen molar-refractivity contribution < 1.29 is 4.79 Å². The molecular formula is C14H20N2O. The summed E-state index contributed by atoms with van der Waals surface area (Å²) in [6, 6.07) is 6.09. The molecule has 1 heterocycles. The van der Waals surface area contributed by atoms with Crippen LogP contribution in [-0.4, -0.2) is 19.0 Å². The van der Waals surface area contributed by atoms with Gasteiger partial charge in [0.15, 0.2) is 0 Å². The highest BCUT2D eigenvalue weighted by molar-refractivity contribution is 5.96. The molecule has 1 aliphatic heterocycles. The molecule has 0 saturated carbocycles. The maximum absolute atomic E-state index is 12.2. The molecule has 3 nitrogen and oxygen atoms in total. The second-order valence-corrected chi connectivity index (χ2v) is 5.26. The van der Waals surface area contributed by atoms with Crippen LogP contribution in [0.15, 0.2) is 18.2 Å². The van der Waals surface area contributed by atoms with E-state index in [1.807, 2.05) is 26.0 Å². The second kappa shape index (κ2) is 4.49. The monoisotopic (exact) mass is 232 g/mol. The fourth-order valence-electron chi connectivity index (χ4n) is 2.24. The molecule has 0 spiro atoms. The van der Waals surface area contributed by atoms with Gasteiger partial charge in [0.2, 0.25) is 5.91 Å². The Bertz CT molecular complexity index is 434. The van der Waals surface area contributed by atoms with E-state index in [1.54, 1.807) is 0 Å². The first-order valence-corrected chi connectivity index (χ1v) is 6.11. The van der Waals surface area contributed by atoms with Crippen LogP contribution in [0.25, 0.3) is 0 Å². The Morgan fingerprint density at radius 1 is 1.41 bits per heavy atom. The standard InChI is InChI=1S/C14H20N2O/c1-10-4-5-12(11(2)8-10)16-13(17)14(3)6-7-15-9-14/h4-5,8,15H,6-7,9H2,1-3H3,(H,16,17). The SMILES string of the molecule is Cc1ccc(NC(=O)C2(C)CCNC2)c(C)c1. The number of carbonyl (C=O) groups excluding carboxylic acids is 1. The second-order valence-electron chi connectivity index (χ2n) is 5.26. The third-order valence-electron chi connectivity index (χ3n) is 3.55. The zero-order valence-corrected chi connectivity index (χ0v) is 10.8. The van der Waals surface area contributed by atoms with Gasteiger partial charge in [-0.15, -0.1) is 0 Å². The summed E-state index contributed by atoms with van der Waals surface area (Å²) in [4.78, 5) is 12.2. The lowest BCUT2D eigenvalue weighted by Gasteiger charge is -2.22. The Morgan fingerprint density at radius 2 is 2.18 bits per heavy atom. The molecule has 1 aliphatic rings. The van der Waals surface area contributed by atoms with E-state index in [2.05, 4.69) is 23.6 Å². The van der Waals surface area contributed by atoms with Gasteiger partial charge < -0.3 is 10.6 Å². The molecule has 17 heavy (non-hydrogen) atoms. The predicted octanol–water partition coefficient (Wildman–Crippen LogP) is 2.24. The third-order valence-corrected chi connectivity index (χ3v) is 3.55. The topological polar surface area (TPSA) is 41.1 Å². The molecule has 3 heteroatoms. The fourth-order valence-corrected chi connectivity index (χ4v) is 2.24. The first-order chi connectivity index (χ1) is 8.01. The maximum Gasteiger partial charge on any atom is 0.231 e. The first kappa shape index (κ1) is 12.1. The highest BCUT2D eigenvalue weighted by atomic mass is 16.2. The zero-order valence-electron chi connectivity index (χ0n) is 10.8. The van der Waals surface area contributed by atoms with Crippen molar-refractivity contribution in [1.29, 1.82) is 0 Å². The van der Waals surface area contributed by atoms with Crippen LogP contribution in [0.2, 0.25) is 0 Å². The average molecular weight is 232 g/mol. The molecule has 1 aromatic carbocycles. The van der Waals surface area contributed by atoms with E-state index < -0.39 is 0 Å². The zero-order chi connectivity index (χ0) is 12.5. The van der Waals surface area contributed by atoms with Gasteiger partial charge in [-0.2, -0.15) is 0 Å². The Balaban J connectivity index is 2.13. The normalized spacial score (nSPS) is 23.7. The van der Waals surface area contributed by atoms with E-state index in [-0.39, 0.29) is 11.3 Å². The summed E-state index contributed by atoms with van der Waals surface area (Å²) < 4.78 is 0. The van der Waals surface area contributed by atoms with Gasteiger partial charge in [-0.1, -0.05) is 17.7 Å². The Labute approximate surface area is 103 Å². The van der Waals surface area contributed by atoms with E-state index in [0.29, 0.717) is 0 Å². The molecule has 1 unspecified atom stereocenters. The van der Waals surface area contributed by atoms with Crippen LogP contribution in [0.1, 0.15) is 24.5 Å². The number of amides is 1. The minimum Gasteiger partial charge on any atom is -0.325 e. The largest absolute Gasteiger partial charge is 0.325 e. The molecule has 1 atom stereocenters. The molecule has 2 rings (SSSR count). The third kappa shape index (κ3) is 2.50. The number of benzene rings is 1. The van der Waals surface area contributed by atoms with Crippen molar-refractivity contribution in [1.82, 2.24) is 5.32 Å². The summed E-state index contributed by atoms with van der Waals surface area (Å²) >= 11 is 0. The summed E-state index contributed by atoms with van der Waals surface area (Å²) in [5.41, 5.74) is 2.99. The van der Waals surface area contributed by atoms with Crippen molar-refractivity contribution in [2.75, 3.05) is 18.4 Å². The van der Waals surface area contributed by atoms with Crippen molar-refractivity contribution >= 4 is 11.6 Å². The molecular weight excluding hydrogens is 212 g/mol. The number of rotatable bonds is 2. The van der Waals surface area contributed by atoms with Crippen molar-refractivity contribution in [3.05, 3.63) is 29.3 Å². The van der Waals surface area contributed by atoms with Gasteiger partial charge in [-0.05, 0) is 45.4 Å². The lowest BCUT2D eigenvalue weighted by molar-refractivity contribution is -0.123. The van der Waals surface area contributed by atoms with Crippen LogP contribution >= 0.6 is 0 Å². The van der Waals surface area contributed by atoms with Crippen LogP contribution in [0.3, 0.4) is 0 Å². The maximum atomic E-state index is 12.2. The van der Waals surface area contributed by atoms with Gasteiger partial charge >= 0.3 is 0 Å². The van der Waals surface area contributed by atoms with E-state index in [9.17, 15) is 4.79 Å². The molecule has 1 fully saturated rings. The van der Waals surface area contributed by atoms with E-state index in [1.165, 1.54) is 5.56 Å². The highest BCUT2D eigenvalue weighted by Crippen LogP contribution is 2.27. The van der Waals surface area contributed by atoms with Gasteiger partial charge in [0.25, 0.3) is 0 Å².